The molecule has 0 bridgehead atoms. The quantitative estimate of drug-likeness (QED) is 0.723. The first kappa shape index (κ1) is 20.9. The number of hydrogen-bond acceptors (Lipinski definition) is 2. The Hall–Kier alpha value is -1.85. The number of carbonyl (C=O) groups excluding carboxylic acids is 1. The fraction of sp³-hybridized carbons (Fsp3) is 0.435. The van der Waals surface area contributed by atoms with Gasteiger partial charge >= 0.3 is 0 Å². The van der Waals surface area contributed by atoms with E-state index in [1.165, 1.54) is 32.4 Å². The van der Waals surface area contributed by atoms with Crippen LogP contribution in [0, 0.1) is 0 Å². The number of benzene rings is 2. The van der Waals surface area contributed by atoms with Gasteiger partial charge in [0.05, 0.1) is 38.6 Å². The third kappa shape index (κ3) is 4.11. The van der Waals surface area contributed by atoms with E-state index in [2.05, 4.69) is 19.3 Å². The third-order valence-corrected chi connectivity index (χ3v) is 6.37. The minimum atomic E-state index is -0.155. The van der Waals surface area contributed by atoms with E-state index in [1.54, 1.807) is 0 Å². The van der Waals surface area contributed by atoms with E-state index in [9.17, 15) is 4.79 Å². The number of hydrogen-bond donors (Lipinski definition) is 1. The molecule has 28 heavy (non-hydrogen) atoms. The highest BCUT2D eigenvalue weighted by Gasteiger charge is 2.34. The number of quaternary nitrogens is 1. The predicted molar refractivity (Wildman–Crippen MR) is 107 cm³/mol. The lowest BCUT2D eigenvalue weighted by Gasteiger charge is -2.42. The predicted octanol–water partition coefficient (Wildman–Crippen LogP) is 1.41. The smallest absolute Gasteiger partial charge is 0.226 e. The Morgan fingerprint density at radius 3 is 2.14 bits per heavy atom. The molecule has 5 heteroatoms. The van der Waals surface area contributed by atoms with Crippen molar-refractivity contribution in [1.82, 2.24) is 5.32 Å². The first-order valence-corrected chi connectivity index (χ1v) is 10.1. The normalized spacial score (nSPS) is 18.6. The summed E-state index contributed by atoms with van der Waals surface area (Å²) in [6, 6.07) is 16.1. The minimum Gasteiger partial charge on any atom is -1.00 e. The zero-order valence-corrected chi connectivity index (χ0v) is 18.2. The molecule has 2 aliphatic heterocycles. The van der Waals surface area contributed by atoms with Crippen LogP contribution in [0.25, 0.3) is 0 Å². The highest BCUT2D eigenvalue weighted by molar-refractivity contribution is 5.78. The van der Waals surface area contributed by atoms with Crippen molar-refractivity contribution in [1.29, 1.82) is 0 Å². The van der Waals surface area contributed by atoms with Crippen molar-refractivity contribution in [3.63, 3.8) is 0 Å². The highest BCUT2D eigenvalue weighted by atomic mass is 79.9. The minimum absolute atomic E-state index is 0. The van der Waals surface area contributed by atoms with Gasteiger partial charge in [0.2, 0.25) is 5.91 Å². The summed E-state index contributed by atoms with van der Waals surface area (Å²) in [4.78, 5) is 13.0. The van der Waals surface area contributed by atoms with Gasteiger partial charge in [-0.2, -0.15) is 0 Å². The lowest BCUT2D eigenvalue weighted by Crippen LogP contribution is -3.00. The molecule has 2 heterocycles. The largest absolute Gasteiger partial charge is 1.00 e. The number of nitrogens with one attached hydrogen (secondary N) is 1. The Bertz CT molecular complexity index is 787. The van der Waals surface area contributed by atoms with Crippen molar-refractivity contribution in [2.75, 3.05) is 20.1 Å². The summed E-state index contributed by atoms with van der Waals surface area (Å²) < 4.78 is 7.04. The van der Waals surface area contributed by atoms with Gasteiger partial charge in [-0.25, -0.2) is 0 Å². The number of nitrogens with zero attached hydrogens (tertiary/aromatic N) is 1. The van der Waals surface area contributed by atoms with Gasteiger partial charge in [-0.15, -0.1) is 0 Å². The van der Waals surface area contributed by atoms with Crippen molar-refractivity contribution >= 4 is 5.91 Å². The second-order valence-electron chi connectivity index (χ2n) is 8.22. The average Bonchev–Trinajstić information content (AvgIpc) is 2.68. The number of rotatable bonds is 4. The standard InChI is InChI=1S/C23H28N2O2.BrH/c1-17(25(2)14-8-3-9-15-25)16-22(26)24-23-18-10-4-6-12-20(18)27-21-13-7-5-11-19(21)23;/h4-7,10-13,17,23H,3,8-9,14-16H2,1-2H3;1H. The van der Waals surface area contributed by atoms with Crippen LogP contribution in [0.2, 0.25) is 0 Å². The Balaban J connectivity index is 0.00000225. The number of likely N-dealkylation sites (tertiary alicyclic amines) is 1. The third-order valence-electron chi connectivity index (χ3n) is 6.37. The Morgan fingerprint density at radius 1 is 1.04 bits per heavy atom. The second-order valence-corrected chi connectivity index (χ2v) is 8.22. The van der Waals surface area contributed by atoms with Crippen LogP contribution in [-0.4, -0.2) is 36.6 Å². The Kier molecular flexibility index (Phi) is 6.46. The molecule has 1 amide bonds. The van der Waals surface area contributed by atoms with Gasteiger partial charge in [0, 0.05) is 11.1 Å². The van der Waals surface area contributed by atoms with Crippen LogP contribution in [0.1, 0.15) is 49.8 Å². The first-order chi connectivity index (χ1) is 13.1. The molecule has 1 N–H and O–H groups in total. The molecule has 1 fully saturated rings. The van der Waals surface area contributed by atoms with Crippen LogP contribution >= 0.6 is 0 Å². The summed E-state index contributed by atoms with van der Waals surface area (Å²) in [7, 11) is 2.30. The number of piperidine rings is 1. The summed E-state index contributed by atoms with van der Waals surface area (Å²) >= 11 is 0. The second kappa shape index (κ2) is 8.66. The van der Waals surface area contributed by atoms with E-state index in [0.717, 1.165) is 27.1 Å². The molecule has 1 atom stereocenters. The van der Waals surface area contributed by atoms with Gasteiger partial charge in [-0.3, -0.25) is 4.79 Å². The van der Waals surface area contributed by atoms with E-state index in [0.29, 0.717) is 12.5 Å². The van der Waals surface area contributed by atoms with Gasteiger partial charge in [0.25, 0.3) is 0 Å². The van der Waals surface area contributed by atoms with Crippen LogP contribution in [-0.2, 0) is 4.79 Å². The highest BCUT2D eigenvalue weighted by Crippen LogP contribution is 2.42. The first-order valence-electron chi connectivity index (χ1n) is 10.1. The summed E-state index contributed by atoms with van der Waals surface area (Å²) in [5, 5.41) is 3.29. The van der Waals surface area contributed by atoms with Gasteiger partial charge < -0.3 is 31.5 Å². The molecule has 2 aromatic rings. The molecule has 150 valence electrons. The van der Waals surface area contributed by atoms with E-state index >= 15 is 0 Å². The maximum atomic E-state index is 13.0. The summed E-state index contributed by atoms with van der Waals surface area (Å²) in [5.74, 6) is 1.76. The zero-order chi connectivity index (χ0) is 18.9. The fourth-order valence-corrected chi connectivity index (χ4v) is 4.45. The molecule has 2 aliphatic rings. The van der Waals surface area contributed by atoms with E-state index < -0.39 is 0 Å². The van der Waals surface area contributed by atoms with Crippen molar-refractivity contribution in [3.8, 4) is 11.5 Å². The van der Waals surface area contributed by atoms with Gasteiger partial charge in [-0.05, 0) is 38.3 Å². The molecule has 0 saturated carbocycles. The lowest BCUT2D eigenvalue weighted by molar-refractivity contribution is -0.935. The Labute approximate surface area is 178 Å². The molecule has 1 unspecified atom stereocenters. The number of amides is 1. The zero-order valence-electron chi connectivity index (χ0n) is 16.7. The fourth-order valence-electron chi connectivity index (χ4n) is 4.45. The van der Waals surface area contributed by atoms with Crippen LogP contribution < -0.4 is 27.0 Å². The topological polar surface area (TPSA) is 38.3 Å². The molecular formula is C23H29BrN2O2. The van der Waals surface area contributed by atoms with Crippen LogP contribution in [0.15, 0.2) is 48.5 Å². The van der Waals surface area contributed by atoms with E-state index in [-0.39, 0.29) is 28.9 Å². The van der Waals surface area contributed by atoms with Gasteiger partial charge in [0.1, 0.15) is 11.5 Å². The van der Waals surface area contributed by atoms with Crippen molar-refractivity contribution in [3.05, 3.63) is 59.7 Å². The SMILES string of the molecule is CC(CC(=O)NC1c2ccccc2Oc2ccccc21)[N+]1(C)CCCCC1.[Br-]. The van der Waals surface area contributed by atoms with E-state index in [1.807, 2.05) is 48.5 Å². The molecule has 0 aromatic heterocycles. The van der Waals surface area contributed by atoms with Gasteiger partial charge in [-0.1, -0.05) is 36.4 Å². The molecule has 0 radical (unpaired) electrons. The molecule has 4 nitrogen and oxygen atoms in total. The number of ether oxygens (including phenoxy) is 1. The van der Waals surface area contributed by atoms with Crippen LogP contribution in [0.3, 0.4) is 0 Å². The summed E-state index contributed by atoms with van der Waals surface area (Å²) in [6.45, 7) is 4.57. The lowest BCUT2D eigenvalue weighted by atomic mass is 9.94. The molecule has 0 spiro atoms. The molecular weight excluding hydrogens is 416 g/mol. The number of fused-ring (bicyclic) bond motifs is 2. The molecule has 1 saturated heterocycles. The summed E-state index contributed by atoms with van der Waals surface area (Å²) in [5.41, 5.74) is 2.05. The molecule has 2 aromatic carbocycles. The average molecular weight is 445 g/mol. The number of carbonyl (C=O) groups is 1. The monoisotopic (exact) mass is 444 g/mol. The van der Waals surface area contributed by atoms with Gasteiger partial charge in [0.15, 0.2) is 0 Å². The van der Waals surface area contributed by atoms with Crippen molar-refractivity contribution < 1.29 is 31.0 Å². The van der Waals surface area contributed by atoms with Crippen LogP contribution in [0.5, 0.6) is 11.5 Å². The maximum Gasteiger partial charge on any atom is 0.226 e. The molecule has 4 rings (SSSR count). The molecule has 0 aliphatic carbocycles. The Morgan fingerprint density at radius 2 is 1.57 bits per heavy atom. The van der Waals surface area contributed by atoms with Crippen LogP contribution in [0.4, 0.5) is 0 Å². The van der Waals surface area contributed by atoms with E-state index in [4.69, 9.17) is 4.74 Å². The summed E-state index contributed by atoms with van der Waals surface area (Å²) in [6.07, 6.45) is 4.41. The maximum absolute atomic E-state index is 13.0. The van der Waals surface area contributed by atoms with Crippen molar-refractivity contribution in [2.45, 2.75) is 44.7 Å². The number of para-hydroxylation sites is 2. The number of halogens is 1. The van der Waals surface area contributed by atoms with Crippen molar-refractivity contribution in [2.24, 2.45) is 0 Å².